The molecule has 6 aromatic rings. The van der Waals surface area contributed by atoms with E-state index < -0.39 is 22.2 Å². The van der Waals surface area contributed by atoms with E-state index in [-0.39, 0.29) is 64.0 Å². The van der Waals surface area contributed by atoms with Crippen LogP contribution in [0, 0.1) is 0 Å². The average molecular weight is 1080 g/mol. The van der Waals surface area contributed by atoms with Crippen LogP contribution in [0.5, 0.6) is 5.75 Å². The number of ether oxygens (including phenoxy) is 3. The molecule has 394 valence electrons. The van der Waals surface area contributed by atoms with Crippen molar-refractivity contribution in [3.63, 3.8) is 0 Å². The van der Waals surface area contributed by atoms with Gasteiger partial charge in [0.2, 0.25) is 17.1 Å². The number of likely N-dealkylation sites (N-methyl/N-ethyl adjacent to an activating group) is 1. The monoisotopic (exact) mass is 1080 g/mol. The highest BCUT2D eigenvalue weighted by atomic mass is 32.1. The first-order chi connectivity index (χ1) is 35.0. The van der Waals surface area contributed by atoms with Crippen LogP contribution in [0.25, 0.3) is 10.9 Å². The number of nitrogens with one attached hydrogen (secondary N) is 3. The van der Waals surface area contributed by atoms with Crippen molar-refractivity contribution in [2.24, 2.45) is 0 Å². The summed E-state index contributed by atoms with van der Waals surface area (Å²) in [6.07, 6.45) is 1.30. The number of amides is 1. The third-order valence-corrected chi connectivity index (χ3v) is 27.6. The fourth-order valence-corrected chi connectivity index (χ4v) is 15.0. The summed E-state index contributed by atoms with van der Waals surface area (Å²) in [7, 11) is -2.50. The van der Waals surface area contributed by atoms with E-state index in [0.29, 0.717) is 56.8 Å². The zero-order valence-electron chi connectivity index (χ0n) is 44.9. The highest BCUT2D eigenvalue weighted by Gasteiger charge is 2.72. The lowest BCUT2D eigenvalue weighted by Crippen LogP contribution is -2.63. The molecule has 5 atom stereocenters. The van der Waals surface area contributed by atoms with Crippen LogP contribution < -0.4 is 20.9 Å². The number of hydrogen-bond donors (Lipinski definition) is 3. The molecule has 3 aliphatic heterocycles. The number of nitrogens with zero attached hydrogens (tertiary/aromatic N) is 1. The van der Waals surface area contributed by atoms with Gasteiger partial charge in [-0.2, -0.15) is 0 Å². The Morgan fingerprint density at radius 2 is 1.42 bits per heavy atom. The van der Waals surface area contributed by atoms with Gasteiger partial charge in [-0.1, -0.05) is 102 Å². The molecule has 0 saturated carbocycles. The maximum atomic E-state index is 14.9. The minimum absolute atomic E-state index is 0.0282. The number of thiophene rings is 2. The molecule has 74 heavy (non-hydrogen) atoms. The van der Waals surface area contributed by atoms with Gasteiger partial charge in [0.1, 0.15) is 42.8 Å². The number of rotatable bonds is 20. The molecule has 3 aromatic heterocycles. The normalized spacial score (nSPS) is 22.3. The number of aromatic nitrogens is 1. The van der Waals surface area contributed by atoms with E-state index in [1.54, 1.807) is 6.07 Å². The molecule has 3 aliphatic rings. The third-order valence-electron chi connectivity index (χ3n) is 16.8. The number of piperidine rings is 1. The Balaban J connectivity index is 0.821. The van der Waals surface area contributed by atoms with Gasteiger partial charge < -0.3 is 43.2 Å². The van der Waals surface area contributed by atoms with Crippen molar-refractivity contribution >= 4 is 67.8 Å². The molecule has 1 amide bonds. The minimum atomic E-state index is -2.49. The van der Waals surface area contributed by atoms with E-state index in [4.69, 9.17) is 23.1 Å². The predicted octanol–water partition coefficient (Wildman–Crippen LogP) is 12.0. The molecular formula is C58H75N4O8S2Si2+. The predicted molar refractivity (Wildman–Crippen MR) is 302 cm³/mol. The van der Waals surface area contributed by atoms with Crippen molar-refractivity contribution in [2.45, 2.75) is 152 Å². The number of carbonyl (C=O) groups is 2. The van der Waals surface area contributed by atoms with E-state index >= 15 is 0 Å². The number of hydrogen-bond acceptors (Lipinski definition) is 11. The molecule has 3 N–H and O–H groups in total. The SMILES string of the molecule is CC(C)(C)[Si](C)(C)O[C@@H](CNCc1ccc(NC(=O)CC[N+]2(C)C3CC(OC(=O)C(O[Si](C)(C)C(C)(C)C)(c4cccs4)c4cccs4)CC2C2OC23)cc1)c1ccc(OCc2ccccc2)c2[nH]c(=O)ccc12. The van der Waals surface area contributed by atoms with Crippen LogP contribution in [0.4, 0.5) is 5.69 Å². The molecule has 9 rings (SSSR count). The van der Waals surface area contributed by atoms with Crippen LogP contribution in [0.3, 0.4) is 0 Å². The fraction of sp³-hybridized carbons (Fsp3) is 0.466. The van der Waals surface area contributed by atoms with E-state index in [2.05, 4.69) is 96.5 Å². The Labute approximate surface area is 447 Å². The van der Waals surface area contributed by atoms with Gasteiger partial charge in [-0.15, -0.1) is 22.7 Å². The van der Waals surface area contributed by atoms with Gasteiger partial charge in [0.15, 0.2) is 16.6 Å². The third kappa shape index (κ3) is 11.1. The van der Waals surface area contributed by atoms with Gasteiger partial charge in [-0.25, -0.2) is 4.79 Å². The fourth-order valence-electron chi connectivity index (χ4n) is 10.4. The lowest BCUT2D eigenvalue weighted by molar-refractivity contribution is -0.955. The summed E-state index contributed by atoms with van der Waals surface area (Å²) in [4.78, 5) is 46.0. The number of morpholine rings is 1. The molecule has 6 heterocycles. The second-order valence-electron chi connectivity index (χ2n) is 23.8. The zero-order valence-corrected chi connectivity index (χ0v) is 48.5. The van der Waals surface area contributed by atoms with Crippen molar-refractivity contribution in [3.05, 3.63) is 151 Å². The van der Waals surface area contributed by atoms with Crippen molar-refractivity contribution in [2.75, 3.05) is 25.5 Å². The quantitative estimate of drug-likeness (QED) is 0.0295. The Bertz CT molecular complexity index is 2920. The summed E-state index contributed by atoms with van der Waals surface area (Å²) in [6, 6.07) is 33.6. The van der Waals surface area contributed by atoms with Gasteiger partial charge in [-0.05, 0) is 100 Å². The zero-order chi connectivity index (χ0) is 52.8. The number of H-pyrrole nitrogens is 1. The molecule has 16 heteroatoms. The Morgan fingerprint density at radius 1 is 0.784 bits per heavy atom. The van der Waals surface area contributed by atoms with Crippen LogP contribution in [0.2, 0.25) is 36.3 Å². The lowest BCUT2D eigenvalue weighted by Gasteiger charge is -2.49. The number of esters is 1. The van der Waals surface area contributed by atoms with Crippen molar-refractivity contribution in [1.29, 1.82) is 0 Å². The van der Waals surface area contributed by atoms with Gasteiger partial charge in [0.05, 0.1) is 41.4 Å². The number of carbonyl (C=O) groups excluding carboxylic acids is 2. The van der Waals surface area contributed by atoms with E-state index in [0.717, 1.165) is 42.0 Å². The number of fused-ring (bicyclic) bond motifs is 6. The number of quaternary nitrogens is 1. The summed E-state index contributed by atoms with van der Waals surface area (Å²) >= 11 is 3.06. The second kappa shape index (κ2) is 21.0. The molecule has 3 aromatic carbocycles. The number of aromatic amines is 1. The second-order valence-corrected chi connectivity index (χ2v) is 35.2. The average Bonchev–Trinajstić information content (AvgIpc) is 3.60. The molecule has 12 nitrogen and oxygen atoms in total. The molecule has 4 unspecified atom stereocenters. The van der Waals surface area contributed by atoms with Crippen molar-refractivity contribution in [3.8, 4) is 5.75 Å². The topological polar surface area (TPSA) is 141 Å². The smallest absolute Gasteiger partial charge is 0.348 e. The standard InChI is InChI=1S/C58H74N4O8S2Si2/c1-56(2,3)73(8,9)69-47(42-25-27-46(52-43(42)26-28-50(63)61-52)66-37-39-17-13-12-14-18-39)36-59-35-38-21-23-40(24-22-38)60-51(64)29-30-62(7)44-33-41(34-45(62)54-53(44)68-54)67-55(65)58(48-19-15-31-71-48,49-20-16-32-72-49)70-74(10,11)57(4,5)6/h12-28,31-32,41,44-45,47,53-54,59H,29-30,33-37H2,1-11H3,(H-,60,61,63,64)/p+1/t41?,44?,45?,47-,53?,54?,62?/m0/s1. The maximum Gasteiger partial charge on any atom is 0.348 e. The molecule has 0 spiro atoms. The first-order valence-corrected chi connectivity index (χ1v) is 33.7. The summed E-state index contributed by atoms with van der Waals surface area (Å²) in [5.41, 5.74) is 2.95. The Kier molecular flexibility index (Phi) is 15.3. The van der Waals surface area contributed by atoms with Crippen LogP contribution in [0.1, 0.15) is 93.4 Å². The van der Waals surface area contributed by atoms with Gasteiger partial charge in [0, 0.05) is 43.1 Å². The Morgan fingerprint density at radius 3 is 2.01 bits per heavy atom. The highest BCUT2D eigenvalue weighted by molar-refractivity contribution is 7.12. The summed E-state index contributed by atoms with van der Waals surface area (Å²) in [5, 5.41) is 11.5. The van der Waals surface area contributed by atoms with Crippen LogP contribution >= 0.6 is 22.7 Å². The molecular weight excluding hydrogens is 1000 g/mol. The van der Waals surface area contributed by atoms with Gasteiger partial charge in [0.25, 0.3) is 0 Å². The summed E-state index contributed by atoms with van der Waals surface area (Å²) in [6.45, 7) is 24.4. The molecule has 0 aliphatic carbocycles. The van der Waals surface area contributed by atoms with Gasteiger partial charge >= 0.3 is 5.97 Å². The van der Waals surface area contributed by atoms with E-state index in [1.165, 1.54) is 22.7 Å². The highest BCUT2D eigenvalue weighted by Crippen LogP contribution is 2.54. The van der Waals surface area contributed by atoms with Crippen LogP contribution in [0.15, 0.2) is 119 Å². The minimum Gasteiger partial charge on any atom is -0.487 e. The van der Waals surface area contributed by atoms with Crippen molar-refractivity contribution < 1.29 is 37.1 Å². The molecule has 0 radical (unpaired) electrons. The number of benzene rings is 3. The summed E-state index contributed by atoms with van der Waals surface area (Å²) in [5.74, 6) is 0.233. The maximum absolute atomic E-state index is 14.9. The summed E-state index contributed by atoms with van der Waals surface area (Å²) < 4.78 is 34.2. The van der Waals surface area contributed by atoms with Gasteiger partial charge in [-0.3, -0.25) is 9.59 Å². The van der Waals surface area contributed by atoms with E-state index in [9.17, 15) is 14.4 Å². The molecule has 3 fully saturated rings. The number of pyridine rings is 1. The van der Waals surface area contributed by atoms with Crippen LogP contribution in [-0.4, -0.2) is 88.5 Å². The number of epoxide rings is 1. The Hall–Kier alpha value is -4.76. The van der Waals surface area contributed by atoms with Crippen LogP contribution in [-0.2, 0) is 46.7 Å². The van der Waals surface area contributed by atoms with Crippen molar-refractivity contribution in [1.82, 2.24) is 10.3 Å². The molecule has 2 bridgehead atoms. The lowest BCUT2D eigenvalue weighted by atomic mass is 9.94. The largest absolute Gasteiger partial charge is 0.487 e. The first kappa shape index (κ1) is 54.0. The van der Waals surface area contributed by atoms with E-state index in [1.807, 2.05) is 102 Å². The number of anilines is 1. The first-order valence-electron chi connectivity index (χ1n) is 26.1. The molecule has 3 saturated heterocycles.